The Labute approximate surface area is 115 Å². The van der Waals surface area contributed by atoms with Crippen LogP contribution in [-0.4, -0.2) is 34.4 Å². The predicted octanol–water partition coefficient (Wildman–Crippen LogP) is 1.64. The summed E-state index contributed by atoms with van der Waals surface area (Å²) in [6, 6.07) is 0.0556. The lowest BCUT2D eigenvalue weighted by Crippen LogP contribution is -2.42. The number of nitrogens with one attached hydrogen (secondary N) is 1. The van der Waals surface area contributed by atoms with Crippen LogP contribution in [0.3, 0.4) is 0 Å². The summed E-state index contributed by atoms with van der Waals surface area (Å²) in [5.41, 5.74) is 0.884. The Balaban J connectivity index is 1.84. The Kier molecular flexibility index (Phi) is 4.40. The fourth-order valence-corrected chi connectivity index (χ4v) is 2.43. The zero-order valence-corrected chi connectivity index (χ0v) is 12.2. The molecule has 1 amide bonds. The van der Waals surface area contributed by atoms with Crippen LogP contribution in [0.5, 0.6) is 0 Å². The maximum atomic E-state index is 11.9. The Hall–Kier alpha value is -0.880. The lowest BCUT2D eigenvalue weighted by Gasteiger charge is -2.19. The summed E-state index contributed by atoms with van der Waals surface area (Å²) in [5, 5.41) is 7.19. The summed E-state index contributed by atoms with van der Waals surface area (Å²) in [6.07, 6.45) is 4.07. The molecule has 0 saturated carbocycles. The number of nitrogens with zero attached hydrogens (tertiary/aromatic N) is 2. The molecular weight excluding hydrogens is 298 g/mol. The highest BCUT2D eigenvalue weighted by Gasteiger charge is 2.23. The second-order valence-corrected chi connectivity index (χ2v) is 5.52. The number of carbonyl (C=O) groups excluding carboxylic acids is 1. The Morgan fingerprint density at radius 3 is 3.11 bits per heavy atom. The van der Waals surface area contributed by atoms with Gasteiger partial charge in [-0.15, -0.1) is 0 Å². The van der Waals surface area contributed by atoms with Gasteiger partial charge in [0.05, 0.1) is 22.3 Å². The summed E-state index contributed by atoms with van der Waals surface area (Å²) < 4.78 is 8.10. The SMILES string of the molecule is Cc1nn(CC(=O)N[C@H](C)[C@H]2CCCO2)cc1Br. The van der Waals surface area contributed by atoms with Gasteiger partial charge in [-0.3, -0.25) is 9.48 Å². The number of ether oxygens (including phenoxy) is 1. The van der Waals surface area contributed by atoms with Gasteiger partial charge in [-0.05, 0) is 42.6 Å². The summed E-state index contributed by atoms with van der Waals surface area (Å²) >= 11 is 3.38. The third kappa shape index (κ3) is 3.32. The van der Waals surface area contributed by atoms with E-state index in [-0.39, 0.29) is 24.6 Å². The van der Waals surface area contributed by atoms with Crippen molar-refractivity contribution in [3.05, 3.63) is 16.4 Å². The zero-order chi connectivity index (χ0) is 13.1. The largest absolute Gasteiger partial charge is 0.376 e. The van der Waals surface area contributed by atoms with Crippen molar-refractivity contribution in [2.24, 2.45) is 0 Å². The van der Waals surface area contributed by atoms with Crippen LogP contribution in [-0.2, 0) is 16.1 Å². The molecular formula is C12H18BrN3O2. The first kappa shape index (κ1) is 13.5. The van der Waals surface area contributed by atoms with E-state index in [2.05, 4.69) is 26.3 Å². The summed E-state index contributed by atoms with van der Waals surface area (Å²) in [6.45, 7) is 4.92. The first-order valence-electron chi connectivity index (χ1n) is 6.17. The molecule has 5 nitrogen and oxygen atoms in total. The molecule has 100 valence electrons. The highest BCUT2D eigenvalue weighted by molar-refractivity contribution is 9.10. The molecule has 1 aromatic heterocycles. The second-order valence-electron chi connectivity index (χ2n) is 4.67. The molecule has 0 aromatic carbocycles. The number of amides is 1. The molecule has 18 heavy (non-hydrogen) atoms. The van der Waals surface area contributed by atoms with E-state index in [1.165, 1.54) is 0 Å². The van der Waals surface area contributed by atoms with Crippen molar-refractivity contribution in [3.8, 4) is 0 Å². The van der Waals surface area contributed by atoms with Crippen molar-refractivity contribution in [2.75, 3.05) is 6.61 Å². The fourth-order valence-electron chi connectivity index (χ4n) is 2.11. The maximum absolute atomic E-state index is 11.9. The lowest BCUT2D eigenvalue weighted by atomic mass is 10.1. The molecule has 0 aliphatic carbocycles. The minimum atomic E-state index is -0.0343. The lowest BCUT2D eigenvalue weighted by molar-refractivity contribution is -0.123. The predicted molar refractivity (Wildman–Crippen MR) is 71.2 cm³/mol. The normalized spacial score (nSPS) is 20.9. The van der Waals surface area contributed by atoms with Crippen molar-refractivity contribution in [1.82, 2.24) is 15.1 Å². The van der Waals surface area contributed by atoms with Crippen LogP contribution >= 0.6 is 15.9 Å². The van der Waals surface area contributed by atoms with Gasteiger partial charge in [0.2, 0.25) is 5.91 Å². The number of hydrogen-bond acceptors (Lipinski definition) is 3. The van der Waals surface area contributed by atoms with E-state index in [4.69, 9.17) is 4.74 Å². The number of aryl methyl sites for hydroxylation is 1. The molecule has 1 aliphatic rings. The number of rotatable bonds is 4. The van der Waals surface area contributed by atoms with E-state index in [0.717, 1.165) is 29.6 Å². The Bertz CT molecular complexity index is 407. The quantitative estimate of drug-likeness (QED) is 0.919. The summed E-state index contributed by atoms with van der Waals surface area (Å²) in [7, 11) is 0. The molecule has 2 heterocycles. The van der Waals surface area contributed by atoms with Crippen molar-refractivity contribution >= 4 is 21.8 Å². The van der Waals surface area contributed by atoms with Gasteiger partial charge >= 0.3 is 0 Å². The average Bonchev–Trinajstić information content (AvgIpc) is 2.89. The molecule has 1 fully saturated rings. The van der Waals surface area contributed by atoms with Crippen molar-refractivity contribution < 1.29 is 9.53 Å². The third-order valence-corrected chi connectivity index (χ3v) is 3.88. The van der Waals surface area contributed by atoms with Gasteiger partial charge in [0.1, 0.15) is 6.54 Å². The van der Waals surface area contributed by atoms with Gasteiger partial charge in [-0.1, -0.05) is 0 Å². The molecule has 0 radical (unpaired) electrons. The van der Waals surface area contributed by atoms with Gasteiger partial charge in [0, 0.05) is 12.8 Å². The summed E-state index contributed by atoms with van der Waals surface area (Å²) in [5.74, 6) is -0.0343. The van der Waals surface area contributed by atoms with Gasteiger partial charge in [0.25, 0.3) is 0 Å². The van der Waals surface area contributed by atoms with Crippen LogP contribution in [0.15, 0.2) is 10.7 Å². The number of halogens is 1. The van der Waals surface area contributed by atoms with Crippen molar-refractivity contribution in [3.63, 3.8) is 0 Å². The molecule has 0 spiro atoms. The maximum Gasteiger partial charge on any atom is 0.242 e. The Morgan fingerprint density at radius 2 is 2.56 bits per heavy atom. The number of carbonyl (C=O) groups is 1. The van der Waals surface area contributed by atoms with Gasteiger partial charge in [0.15, 0.2) is 0 Å². The summed E-state index contributed by atoms with van der Waals surface area (Å²) in [4.78, 5) is 11.9. The molecule has 6 heteroatoms. The van der Waals surface area contributed by atoms with E-state index < -0.39 is 0 Å². The highest BCUT2D eigenvalue weighted by atomic mass is 79.9. The van der Waals surface area contributed by atoms with Gasteiger partial charge in [-0.2, -0.15) is 5.10 Å². The zero-order valence-electron chi connectivity index (χ0n) is 10.6. The van der Waals surface area contributed by atoms with E-state index in [9.17, 15) is 4.79 Å². The minimum absolute atomic E-state index is 0.0343. The number of hydrogen-bond donors (Lipinski definition) is 1. The van der Waals surface area contributed by atoms with Gasteiger partial charge < -0.3 is 10.1 Å². The topological polar surface area (TPSA) is 56.2 Å². The minimum Gasteiger partial charge on any atom is -0.376 e. The van der Waals surface area contributed by atoms with E-state index >= 15 is 0 Å². The molecule has 2 rings (SSSR count). The molecule has 1 aromatic rings. The van der Waals surface area contributed by atoms with Crippen LogP contribution in [0.4, 0.5) is 0 Å². The monoisotopic (exact) mass is 315 g/mol. The standard InChI is InChI=1S/C12H18BrN3O2/c1-8-10(13)6-16(15-8)7-12(17)14-9(2)11-4-3-5-18-11/h6,9,11H,3-5,7H2,1-2H3,(H,14,17)/t9-,11-/m1/s1. The number of aromatic nitrogens is 2. The fraction of sp³-hybridized carbons (Fsp3) is 0.667. The third-order valence-electron chi connectivity index (χ3n) is 3.10. The smallest absolute Gasteiger partial charge is 0.242 e. The average molecular weight is 316 g/mol. The van der Waals surface area contributed by atoms with E-state index in [1.807, 2.05) is 20.0 Å². The van der Waals surface area contributed by atoms with Crippen LogP contribution in [0.25, 0.3) is 0 Å². The van der Waals surface area contributed by atoms with E-state index in [1.54, 1.807) is 4.68 Å². The van der Waals surface area contributed by atoms with Crippen LogP contribution < -0.4 is 5.32 Å². The molecule has 0 unspecified atom stereocenters. The molecule has 1 N–H and O–H groups in total. The molecule has 2 atom stereocenters. The molecule has 1 aliphatic heterocycles. The highest BCUT2D eigenvalue weighted by Crippen LogP contribution is 2.15. The first-order chi connectivity index (χ1) is 8.56. The van der Waals surface area contributed by atoms with Crippen molar-refractivity contribution in [1.29, 1.82) is 0 Å². The van der Waals surface area contributed by atoms with Crippen molar-refractivity contribution in [2.45, 2.75) is 45.4 Å². The first-order valence-corrected chi connectivity index (χ1v) is 6.96. The van der Waals surface area contributed by atoms with Crippen LogP contribution in [0, 0.1) is 6.92 Å². The molecule has 0 bridgehead atoms. The van der Waals surface area contributed by atoms with Crippen LogP contribution in [0.2, 0.25) is 0 Å². The van der Waals surface area contributed by atoms with E-state index in [0.29, 0.717) is 0 Å². The molecule has 1 saturated heterocycles. The van der Waals surface area contributed by atoms with Gasteiger partial charge in [-0.25, -0.2) is 0 Å². The van der Waals surface area contributed by atoms with Crippen LogP contribution in [0.1, 0.15) is 25.5 Å². The Morgan fingerprint density at radius 1 is 1.78 bits per heavy atom. The second kappa shape index (κ2) is 5.84.